The van der Waals surface area contributed by atoms with E-state index >= 15 is 0 Å². The number of H-pyrrole nitrogens is 2. The van der Waals surface area contributed by atoms with Gasteiger partial charge < -0.3 is 39.3 Å². The quantitative estimate of drug-likeness (QED) is 0.141. The molecular formula is C47H56N7O6. The fourth-order valence-corrected chi connectivity index (χ4v) is 10.4. The second-order valence-corrected chi connectivity index (χ2v) is 17.9. The van der Waals surface area contributed by atoms with Gasteiger partial charge in [-0.15, -0.1) is 0 Å². The number of carbonyl (C=O) groups is 3. The maximum atomic E-state index is 14.6. The number of nitrogens with zero attached hydrogens (tertiary/aromatic N) is 4. The smallest absolute Gasteiger partial charge is 0.407 e. The Morgan fingerprint density at radius 3 is 2.35 bits per heavy atom. The van der Waals surface area contributed by atoms with Crippen molar-refractivity contribution in [3.8, 4) is 28.1 Å². The first-order valence-electron chi connectivity index (χ1n) is 21.6. The first-order chi connectivity index (χ1) is 28.9. The Labute approximate surface area is 350 Å². The van der Waals surface area contributed by atoms with Gasteiger partial charge >= 0.3 is 6.09 Å². The van der Waals surface area contributed by atoms with Gasteiger partial charge in [-0.1, -0.05) is 32.0 Å². The van der Waals surface area contributed by atoms with E-state index in [1.807, 2.05) is 49.8 Å². The van der Waals surface area contributed by atoms with Crippen LogP contribution in [0.5, 0.6) is 5.75 Å². The molecule has 1 radical (unpaired) electrons. The highest BCUT2D eigenvalue weighted by molar-refractivity contribution is 6.07. The van der Waals surface area contributed by atoms with Gasteiger partial charge in [-0.2, -0.15) is 0 Å². The van der Waals surface area contributed by atoms with Crippen molar-refractivity contribution in [2.75, 3.05) is 7.11 Å². The van der Waals surface area contributed by atoms with Gasteiger partial charge in [0.25, 0.3) is 0 Å². The first-order valence-corrected chi connectivity index (χ1v) is 21.6. The Balaban J connectivity index is 0.981. The molecule has 13 nitrogen and oxygen atoms in total. The topological polar surface area (TPSA) is 155 Å². The number of fused-ring (bicyclic) bond motifs is 6. The minimum atomic E-state index is -0.740. The number of ether oxygens (including phenoxy) is 3. The third kappa shape index (κ3) is 7.28. The molecule has 4 aliphatic rings. The molecule has 5 aromatic rings. The van der Waals surface area contributed by atoms with Crippen LogP contribution in [0, 0.1) is 18.3 Å². The number of likely N-dealkylation sites (tertiary alicyclic amines) is 2. The lowest BCUT2D eigenvalue weighted by Gasteiger charge is -2.39. The van der Waals surface area contributed by atoms with Crippen LogP contribution >= 0.6 is 0 Å². The summed E-state index contributed by atoms with van der Waals surface area (Å²) in [5, 5.41) is 4.94. The van der Waals surface area contributed by atoms with E-state index in [0.717, 1.165) is 92.8 Å². The van der Waals surface area contributed by atoms with Crippen molar-refractivity contribution in [3.63, 3.8) is 0 Å². The zero-order valence-corrected chi connectivity index (χ0v) is 35.6. The van der Waals surface area contributed by atoms with Crippen molar-refractivity contribution in [1.29, 1.82) is 0 Å². The summed E-state index contributed by atoms with van der Waals surface area (Å²) >= 11 is 0. The number of benzene rings is 3. The highest BCUT2D eigenvalue weighted by Crippen LogP contribution is 2.44. The number of aromatic amines is 2. The van der Waals surface area contributed by atoms with E-state index in [-0.39, 0.29) is 60.0 Å². The molecular weight excluding hydrogens is 759 g/mol. The van der Waals surface area contributed by atoms with Crippen molar-refractivity contribution in [1.82, 2.24) is 35.1 Å². The van der Waals surface area contributed by atoms with E-state index in [4.69, 9.17) is 24.2 Å². The second kappa shape index (κ2) is 15.9. The second-order valence-electron chi connectivity index (χ2n) is 17.9. The molecule has 3 amide bonds. The van der Waals surface area contributed by atoms with E-state index < -0.39 is 12.1 Å². The Hall–Kier alpha value is -5.43. The maximum absolute atomic E-state index is 14.6. The van der Waals surface area contributed by atoms with Crippen molar-refractivity contribution in [2.45, 2.75) is 129 Å². The number of methoxy groups -OCH3 is 1. The van der Waals surface area contributed by atoms with Crippen molar-refractivity contribution < 1.29 is 28.6 Å². The highest BCUT2D eigenvalue weighted by atomic mass is 16.5. The molecule has 8 atom stereocenters. The predicted octanol–water partition coefficient (Wildman–Crippen LogP) is 8.56. The number of carbonyl (C=O) groups excluding carboxylic acids is 3. The van der Waals surface area contributed by atoms with Crippen LogP contribution in [0.3, 0.4) is 0 Å². The number of hydrogen-bond donors (Lipinski definition) is 3. The summed E-state index contributed by atoms with van der Waals surface area (Å²) in [5.74, 6) is 2.40. The van der Waals surface area contributed by atoms with Gasteiger partial charge in [-0.25, -0.2) is 14.8 Å². The number of aromatic nitrogens is 4. The fraction of sp³-hybridized carbons (Fsp3) is 0.489. The molecule has 13 heteroatoms. The predicted molar refractivity (Wildman–Crippen MR) is 229 cm³/mol. The van der Waals surface area contributed by atoms with Gasteiger partial charge in [0, 0.05) is 23.0 Å². The van der Waals surface area contributed by atoms with E-state index in [0.29, 0.717) is 19.4 Å². The van der Waals surface area contributed by atoms with Crippen LogP contribution in [0.2, 0.25) is 0 Å². The number of nitrogens with one attached hydrogen (secondary N) is 3. The zero-order chi connectivity index (χ0) is 42.0. The molecule has 0 spiro atoms. The average molecular weight is 815 g/mol. The Kier molecular flexibility index (Phi) is 10.6. The monoisotopic (exact) mass is 814 g/mol. The number of imidazole rings is 2. The molecule has 3 saturated heterocycles. The molecule has 0 saturated carbocycles. The summed E-state index contributed by atoms with van der Waals surface area (Å²) < 4.78 is 17.4. The highest BCUT2D eigenvalue weighted by Gasteiger charge is 2.44. The molecule has 1 unspecified atom stereocenters. The number of alkyl carbamates (subject to hydrolysis) is 1. The Morgan fingerprint density at radius 2 is 1.62 bits per heavy atom. The normalized spacial score (nSPS) is 25.6. The SMILES string of the molecule is COC(=O)N[C@H](C(=O)N1[C@@H](C)CC[C@H]1c1nc2ccc3cc4c(cc3c2[nH]1)OCc1cc(-c2cnc([C@@H]3CC[C@H](C)N3C(=O)[CH]C(C)C)[nH]2)ccc1-4)C1C[C@@H](C)O[C@@H](C)C1. The fourth-order valence-electron chi connectivity index (χ4n) is 10.4. The number of rotatable bonds is 8. The number of hydrogen-bond acceptors (Lipinski definition) is 8. The van der Waals surface area contributed by atoms with Crippen LogP contribution in [0.1, 0.15) is 109 Å². The van der Waals surface area contributed by atoms with Crippen LogP contribution in [0.25, 0.3) is 44.2 Å². The third-order valence-corrected chi connectivity index (χ3v) is 13.2. The van der Waals surface area contributed by atoms with Gasteiger partial charge in [0.2, 0.25) is 11.8 Å². The largest absolute Gasteiger partial charge is 0.488 e. The Morgan fingerprint density at radius 1 is 0.883 bits per heavy atom. The zero-order valence-electron chi connectivity index (χ0n) is 35.6. The lowest BCUT2D eigenvalue weighted by atomic mass is 9.85. The molecule has 3 aromatic carbocycles. The summed E-state index contributed by atoms with van der Waals surface area (Å²) in [6, 6.07) is 13.9. The van der Waals surface area contributed by atoms with Crippen LogP contribution < -0.4 is 10.1 Å². The molecule has 6 heterocycles. The summed E-state index contributed by atoms with van der Waals surface area (Å²) in [6.07, 6.45) is 7.74. The molecule has 0 aliphatic carbocycles. The van der Waals surface area contributed by atoms with Crippen molar-refractivity contribution in [2.24, 2.45) is 11.8 Å². The summed E-state index contributed by atoms with van der Waals surface area (Å²) in [6.45, 7) is 12.7. The summed E-state index contributed by atoms with van der Waals surface area (Å²) in [7, 11) is 1.32. The van der Waals surface area contributed by atoms with Gasteiger partial charge in [-0.05, 0) is 124 Å². The van der Waals surface area contributed by atoms with Gasteiger partial charge in [0.05, 0.1) is 60.7 Å². The van der Waals surface area contributed by atoms with Gasteiger partial charge in [0.15, 0.2) is 0 Å². The van der Waals surface area contributed by atoms with E-state index in [2.05, 4.69) is 65.5 Å². The molecule has 0 bridgehead atoms. The molecule has 3 fully saturated rings. The van der Waals surface area contributed by atoms with Crippen molar-refractivity contribution in [3.05, 3.63) is 72.3 Å². The minimum Gasteiger partial charge on any atom is -0.488 e. The average Bonchev–Trinajstić information content (AvgIpc) is 4.03. The standard InChI is InChI=1S/C47H56N7O6/c1-24(2)16-41(55)53-25(3)8-14-38(53)44-48-22-37(50-44)30-10-12-33-32(19-30)23-59-40-21-34-29(20-35(33)40)11-13-36-43(34)51-45(49-36)39-15-9-26(4)54(39)46(56)42(52-47(57)58-7)31-17-27(5)60-28(6)18-31/h10-13,16,19-22,24-28,31,38-39,42H,8-9,14-15,17-18,23H2,1-7H3,(H,48,50)(H,49,51)(H,52,57)/t25-,26-,27-,28+,31?,38-,39-,42-/m0/s1. The minimum absolute atomic E-state index is 0.0225. The van der Waals surface area contributed by atoms with E-state index in [9.17, 15) is 14.4 Å². The van der Waals surface area contributed by atoms with Crippen molar-refractivity contribution >= 4 is 39.7 Å². The van der Waals surface area contributed by atoms with Gasteiger partial charge in [0.1, 0.15) is 30.0 Å². The summed E-state index contributed by atoms with van der Waals surface area (Å²) in [5.41, 5.74) is 6.87. The molecule has 60 heavy (non-hydrogen) atoms. The molecule has 9 rings (SSSR count). The molecule has 4 aliphatic heterocycles. The summed E-state index contributed by atoms with van der Waals surface area (Å²) in [4.78, 5) is 61.2. The van der Waals surface area contributed by atoms with Crippen LogP contribution in [-0.2, 0) is 25.7 Å². The van der Waals surface area contributed by atoms with E-state index in [1.54, 1.807) is 6.42 Å². The third-order valence-electron chi connectivity index (χ3n) is 13.2. The van der Waals surface area contributed by atoms with Crippen LogP contribution in [-0.4, -0.2) is 85.1 Å². The Bertz CT molecular complexity index is 2450. The van der Waals surface area contributed by atoms with E-state index in [1.165, 1.54) is 7.11 Å². The molecule has 315 valence electrons. The van der Waals surface area contributed by atoms with Gasteiger partial charge in [-0.3, -0.25) is 9.59 Å². The lowest BCUT2D eigenvalue weighted by Crippen LogP contribution is -2.55. The molecule has 3 N–H and O–H groups in total. The van der Waals surface area contributed by atoms with Crippen LogP contribution in [0.15, 0.2) is 48.7 Å². The number of amides is 3. The van der Waals surface area contributed by atoms with Crippen LogP contribution in [0.4, 0.5) is 4.79 Å². The first kappa shape index (κ1) is 40.0. The lowest BCUT2D eigenvalue weighted by molar-refractivity contribution is -0.140. The molecule has 2 aromatic heterocycles. The maximum Gasteiger partial charge on any atom is 0.407 e.